The molecular formula is C18H16ClN3O2. The van der Waals surface area contributed by atoms with E-state index in [0.29, 0.717) is 22.7 Å². The summed E-state index contributed by atoms with van der Waals surface area (Å²) < 4.78 is 0. The van der Waals surface area contributed by atoms with Crippen LogP contribution >= 0.6 is 11.6 Å². The number of hydrogen-bond donors (Lipinski definition) is 2. The van der Waals surface area contributed by atoms with Crippen molar-refractivity contribution in [3.8, 4) is 0 Å². The fourth-order valence-electron chi connectivity index (χ4n) is 2.65. The van der Waals surface area contributed by atoms with E-state index in [1.165, 1.54) is 0 Å². The third-order valence-electron chi connectivity index (χ3n) is 3.85. The van der Waals surface area contributed by atoms with Crippen LogP contribution in [-0.2, 0) is 6.54 Å². The van der Waals surface area contributed by atoms with Gasteiger partial charge in [0.15, 0.2) is 0 Å². The van der Waals surface area contributed by atoms with Crippen LogP contribution in [0, 0.1) is 0 Å². The van der Waals surface area contributed by atoms with Crippen molar-refractivity contribution in [2.24, 2.45) is 5.73 Å². The van der Waals surface area contributed by atoms with Crippen molar-refractivity contribution in [2.45, 2.75) is 6.54 Å². The summed E-state index contributed by atoms with van der Waals surface area (Å²) in [6.45, 7) is 0.375. The van der Waals surface area contributed by atoms with Crippen LogP contribution in [0.15, 0.2) is 48.7 Å². The molecule has 0 aliphatic heterocycles. The largest absolute Gasteiger partial charge is 0.366 e. The van der Waals surface area contributed by atoms with Gasteiger partial charge in [0.25, 0.3) is 5.91 Å². The van der Waals surface area contributed by atoms with Gasteiger partial charge in [-0.05, 0) is 29.8 Å². The van der Waals surface area contributed by atoms with Crippen molar-refractivity contribution in [3.63, 3.8) is 0 Å². The van der Waals surface area contributed by atoms with E-state index < -0.39 is 5.91 Å². The van der Waals surface area contributed by atoms with E-state index >= 15 is 0 Å². The lowest BCUT2D eigenvalue weighted by atomic mass is 10.1. The molecule has 0 aliphatic carbocycles. The number of aromatic amines is 1. The zero-order valence-corrected chi connectivity index (χ0v) is 13.8. The molecule has 3 aromatic rings. The van der Waals surface area contributed by atoms with E-state index in [2.05, 4.69) is 4.98 Å². The van der Waals surface area contributed by atoms with Crippen molar-refractivity contribution < 1.29 is 9.59 Å². The van der Waals surface area contributed by atoms with Crippen LogP contribution in [0.3, 0.4) is 0 Å². The van der Waals surface area contributed by atoms with E-state index in [4.69, 9.17) is 17.3 Å². The quantitative estimate of drug-likeness (QED) is 0.764. The molecule has 0 saturated heterocycles. The van der Waals surface area contributed by atoms with Gasteiger partial charge in [0.1, 0.15) is 0 Å². The highest BCUT2D eigenvalue weighted by molar-refractivity contribution is 6.31. The number of carbonyl (C=O) groups excluding carboxylic acids is 2. The second kappa shape index (κ2) is 6.37. The van der Waals surface area contributed by atoms with Gasteiger partial charge in [-0.1, -0.05) is 29.8 Å². The Morgan fingerprint density at radius 1 is 1.21 bits per heavy atom. The first kappa shape index (κ1) is 16.1. The lowest BCUT2D eigenvalue weighted by Gasteiger charge is -2.17. The number of rotatable bonds is 4. The molecule has 0 spiro atoms. The predicted molar refractivity (Wildman–Crippen MR) is 94.1 cm³/mol. The lowest BCUT2D eigenvalue weighted by Crippen LogP contribution is -2.26. The van der Waals surface area contributed by atoms with E-state index in [1.54, 1.807) is 48.5 Å². The Labute approximate surface area is 144 Å². The van der Waals surface area contributed by atoms with E-state index in [0.717, 1.165) is 16.5 Å². The van der Waals surface area contributed by atoms with Crippen LogP contribution in [0.1, 0.15) is 26.3 Å². The van der Waals surface area contributed by atoms with Crippen molar-refractivity contribution in [2.75, 3.05) is 7.05 Å². The number of nitrogens with one attached hydrogen (secondary N) is 1. The number of nitrogens with two attached hydrogens (primary N) is 1. The molecule has 0 bridgehead atoms. The first-order valence-electron chi connectivity index (χ1n) is 7.36. The van der Waals surface area contributed by atoms with Gasteiger partial charge in [0.05, 0.1) is 5.56 Å². The van der Waals surface area contributed by atoms with Crippen LogP contribution in [0.2, 0.25) is 5.02 Å². The van der Waals surface area contributed by atoms with Gasteiger partial charge in [-0.3, -0.25) is 9.59 Å². The maximum absolute atomic E-state index is 12.7. The Kier molecular flexibility index (Phi) is 4.27. The Morgan fingerprint density at radius 3 is 2.75 bits per heavy atom. The molecule has 3 rings (SSSR count). The zero-order chi connectivity index (χ0) is 17.3. The minimum atomic E-state index is -0.487. The molecule has 5 nitrogen and oxygen atoms in total. The van der Waals surface area contributed by atoms with Crippen molar-refractivity contribution in [3.05, 3.63) is 70.4 Å². The summed E-state index contributed by atoms with van der Waals surface area (Å²) in [5.74, 6) is -0.604. The molecule has 6 heteroatoms. The number of fused-ring (bicyclic) bond motifs is 1. The predicted octanol–water partition coefficient (Wildman–Crippen LogP) is 3.19. The third kappa shape index (κ3) is 3.12. The summed E-state index contributed by atoms with van der Waals surface area (Å²) in [4.78, 5) is 28.6. The molecule has 0 radical (unpaired) electrons. The van der Waals surface area contributed by atoms with Crippen LogP contribution < -0.4 is 5.73 Å². The summed E-state index contributed by atoms with van der Waals surface area (Å²) in [7, 11) is 1.72. The topological polar surface area (TPSA) is 79.2 Å². The molecule has 1 aromatic heterocycles. The van der Waals surface area contributed by atoms with Gasteiger partial charge in [0.2, 0.25) is 5.91 Å². The van der Waals surface area contributed by atoms with E-state index in [-0.39, 0.29) is 5.91 Å². The van der Waals surface area contributed by atoms with Gasteiger partial charge in [-0.2, -0.15) is 0 Å². The molecule has 1 heterocycles. The molecule has 122 valence electrons. The highest BCUT2D eigenvalue weighted by atomic mass is 35.5. The molecule has 0 atom stereocenters. The molecular weight excluding hydrogens is 326 g/mol. The summed E-state index contributed by atoms with van der Waals surface area (Å²) in [5, 5.41) is 1.43. The number of primary amides is 1. The van der Waals surface area contributed by atoms with E-state index in [1.807, 2.05) is 12.1 Å². The minimum Gasteiger partial charge on any atom is -0.366 e. The molecule has 0 fully saturated rings. The molecule has 2 aromatic carbocycles. The number of nitrogens with zero attached hydrogens (tertiary/aromatic N) is 1. The number of amides is 2. The molecule has 24 heavy (non-hydrogen) atoms. The van der Waals surface area contributed by atoms with Crippen molar-refractivity contribution in [1.82, 2.24) is 9.88 Å². The third-order valence-corrected chi connectivity index (χ3v) is 4.09. The fourth-order valence-corrected chi connectivity index (χ4v) is 2.82. The van der Waals surface area contributed by atoms with Crippen LogP contribution in [0.5, 0.6) is 0 Å². The van der Waals surface area contributed by atoms with Gasteiger partial charge < -0.3 is 15.6 Å². The number of aromatic nitrogens is 1. The number of carbonyl (C=O) groups is 2. The molecule has 3 N–H and O–H groups in total. The second-order valence-corrected chi connectivity index (χ2v) is 6.05. The number of hydrogen-bond acceptors (Lipinski definition) is 2. The summed E-state index contributed by atoms with van der Waals surface area (Å²) in [5.41, 5.74) is 7.95. The Hall–Kier alpha value is -2.79. The minimum absolute atomic E-state index is 0.118. The average Bonchev–Trinajstić information content (AvgIpc) is 2.97. The fraction of sp³-hybridized carbons (Fsp3) is 0.111. The SMILES string of the molecule is CN(Cc1cccc(C(N)=O)c1)C(=O)c1c[nH]c2cc(Cl)ccc12. The Morgan fingerprint density at radius 2 is 2.00 bits per heavy atom. The molecule has 0 unspecified atom stereocenters. The smallest absolute Gasteiger partial charge is 0.256 e. The Bertz CT molecular complexity index is 933. The molecule has 0 saturated carbocycles. The van der Waals surface area contributed by atoms with E-state index in [9.17, 15) is 9.59 Å². The summed E-state index contributed by atoms with van der Waals surface area (Å²) in [6, 6.07) is 12.3. The second-order valence-electron chi connectivity index (χ2n) is 5.62. The monoisotopic (exact) mass is 341 g/mol. The van der Waals surface area contributed by atoms with Gasteiger partial charge in [0, 0.05) is 41.3 Å². The maximum Gasteiger partial charge on any atom is 0.256 e. The normalized spacial score (nSPS) is 10.8. The van der Waals surface area contributed by atoms with Crippen molar-refractivity contribution in [1.29, 1.82) is 0 Å². The van der Waals surface area contributed by atoms with Gasteiger partial charge in [-0.25, -0.2) is 0 Å². The van der Waals surface area contributed by atoms with Gasteiger partial charge >= 0.3 is 0 Å². The van der Waals surface area contributed by atoms with Gasteiger partial charge in [-0.15, -0.1) is 0 Å². The zero-order valence-electron chi connectivity index (χ0n) is 13.0. The first-order chi connectivity index (χ1) is 11.5. The standard InChI is InChI=1S/C18H16ClN3O2/c1-22(10-11-3-2-4-12(7-11)17(20)23)18(24)15-9-21-16-8-13(19)5-6-14(15)16/h2-9,21H,10H2,1H3,(H2,20,23). The Balaban J connectivity index is 1.84. The average molecular weight is 342 g/mol. The highest BCUT2D eigenvalue weighted by Gasteiger charge is 2.17. The maximum atomic E-state index is 12.7. The van der Waals surface area contributed by atoms with Crippen LogP contribution in [-0.4, -0.2) is 28.7 Å². The number of halogens is 1. The number of H-pyrrole nitrogens is 1. The van der Waals surface area contributed by atoms with Crippen LogP contribution in [0.4, 0.5) is 0 Å². The van der Waals surface area contributed by atoms with Crippen molar-refractivity contribution >= 4 is 34.3 Å². The number of benzene rings is 2. The highest BCUT2D eigenvalue weighted by Crippen LogP contribution is 2.23. The summed E-state index contributed by atoms with van der Waals surface area (Å²) in [6.07, 6.45) is 1.68. The molecule has 0 aliphatic rings. The lowest BCUT2D eigenvalue weighted by molar-refractivity contribution is 0.0787. The molecule has 2 amide bonds. The first-order valence-corrected chi connectivity index (χ1v) is 7.74. The summed E-state index contributed by atoms with van der Waals surface area (Å²) >= 11 is 5.96. The van der Waals surface area contributed by atoms with Crippen LogP contribution in [0.25, 0.3) is 10.9 Å².